The topological polar surface area (TPSA) is 101 Å². The first kappa shape index (κ1) is 19.6. The van der Waals surface area contributed by atoms with Crippen molar-refractivity contribution in [3.8, 4) is 0 Å². The number of hydrazone groups is 1. The molecule has 0 aliphatic heterocycles. The van der Waals surface area contributed by atoms with Crippen LogP contribution in [0.15, 0.2) is 63.0 Å². The highest BCUT2D eigenvalue weighted by atomic mass is 35.5. The molecular formula is C19H13Cl2N3O4. The molecule has 0 unspecified atom stereocenters. The molecule has 0 radical (unpaired) electrons. The maximum Gasteiger partial charge on any atom is 0.259 e. The normalized spacial score (nSPS) is 10.9. The first-order chi connectivity index (χ1) is 13.5. The van der Waals surface area contributed by atoms with E-state index in [1.54, 1.807) is 36.4 Å². The number of fused-ring (bicyclic) bond motifs is 1. The van der Waals surface area contributed by atoms with Crippen LogP contribution in [0.4, 0.5) is 0 Å². The molecule has 0 aliphatic rings. The van der Waals surface area contributed by atoms with Gasteiger partial charge in [-0.25, -0.2) is 5.43 Å². The van der Waals surface area contributed by atoms with Gasteiger partial charge in [-0.15, -0.1) is 0 Å². The minimum Gasteiger partial charge on any atom is -0.463 e. The summed E-state index contributed by atoms with van der Waals surface area (Å²) in [5.41, 5.74) is 2.65. The SMILES string of the molecule is O=C(CNC(=O)c1ccccc1Cl)N/N=C/c1coc2ccc(Cl)cc2c1=O. The Labute approximate surface area is 168 Å². The molecular weight excluding hydrogens is 405 g/mol. The van der Waals surface area contributed by atoms with E-state index in [0.29, 0.717) is 16.0 Å². The third kappa shape index (κ3) is 4.57. The highest BCUT2D eigenvalue weighted by molar-refractivity contribution is 6.33. The van der Waals surface area contributed by atoms with Gasteiger partial charge >= 0.3 is 0 Å². The lowest BCUT2D eigenvalue weighted by atomic mass is 10.2. The number of carbonyl (C=O) groups is 2. The Morgan fingerprint density at radius 1 is 1.14 bits per heavy atom. The average molecular weight is 418 g/mol. The van der Waals surface area contributed by atoms with Crippen molar-refractivity contribution in [2.75, 3.05) is 6.54 Å². The number of nitrogens with zero attached hydrogens (tertiary/aromatic N) is 1. The molecule has 3 aromatic rings. The van der Waals surface area contributed by atoms with Gasteiger partial charge in [0.2, 0.25) is 5.43 Å². The van der Waals surface area contributed by atoms with Crippen LogP contribution in [0.5, 0.6) is 0 Å². The Hall–Kier alpha value is -3.16. The Morgan fingerprint density at radius 3 is 2.71 bits per heavy atom. The Morgan fingerprint density at radius 2 is 1.93 bits per heavy atom. The van der Waals surface area contributed by atoms with Crippen LogP contribution in [0, 0.1) is 0 Å². The van der Waals surface area contributed by atoms with E-state index in [1.807, 2.05) is 0 Å². The molecule has 2 aromatic carbocycles. The quantitative estimate of drug-likeness (QED) is 0.492. The molecule has 2 N–H and O–H groups in total. The third-order valence-corrected chi connectivity index (χ3v) is 4.25. The second-order valence-electron chi connectivity index (χ2n) is 5.62. The average Bonchev–Trinajstić information content (AvgIpc) is 2.68. The van der Waals surface area contributed by atoms with Crippen molar-refractivity contribution in [2.45, 2.75) is 0 Å². The molecule has 0 bridgehead atoms. The summed E-state index contributed by atoms with van der Waals surface area (Å²) in [6, 6.07) is 11.2. The summed E-state index contributed by atoms with van der Waals surface area (Å²) in [6.45, 7) is -0.316. The summed E-state index contributed by atoms with van der Waals surface area (Å²) < 4.78 is 5.34. The van der Waals surface area contributed by atoms with E-state index in [-0.39, 0.29) is 28.1 Å². The van der Waals surface area contributed by atoms with Crippen molar-refractivity contribution in [3.63, 3.8) is 0 Å². The zero-order valence-electron chi connectivity index (χ0n) is 14.2. The minimum atomic E-state index is -0.579. The van der Waals surface area contributed by atoms with Gasteiger partial charge < -0.3 is 9.73 Å². The van der Waals surface area contributed by atoms with Crippen molar-refractivity contribution in [1.82, 2.24) is 10.7 Å². The van der Waals surface area contributed by atoms with E-state index in [2.05, 4.69) is 15.8 Å². The van der Waals surface area contributed by atoms with E-state index in [9.17, 15) is 14.4 Å². The molecule has 0 saturated heterocycles. The monoisotopic (exact) mass is 417 g/mol. The van der Waals surface area contributed by atoms with Crippen LogP contribution in [0.2, 0.25) is 10.0 Å². The number of rotatable bonds is 5. The standard InChI is InChI=1S/C19H13Cl2N3O4/c20-12-5-6-16-14(7-12)18(26)11(10-28-16)8-23-24-17(25)9-22-19(27)13-3-1-2-4-15(13)21/h1-8,10H,9H2,(H,22,27)(H,24,25)/b23-8+. The molecule has 0 aliphatic carbocycles. The Bertz CT molecular complexity index is 1140. The van der Waals surface area contributed by atoms with Crippen LogP contribution in [0.3, 0.4) is 0 Å². The summed E-state index contributed by atoms with van der Waals surface area (Å²) >= 11 is 11.8. The van der Waals surface area contributed by atoms with Gasteiger partial charge in [0, 0.05) is 5.02 Å². The van der Waals surface area contributed by atoms with E-state index in [4.69, 9.17) is 27.6 Å². The fourth-order valence-corrected chi connectivity index (χ4v) is 2.72. The first-order valence-corrected chi connectivity index (χ1v) is 8.77. The zero-order valence-corrected chi connectivity index (χ0v) is 15.8. The zero-order chi connectivity index (χ0) is 20.1. The predicted molar refractivity (Wildman–Crippen MR) is 107 cm³/mol. The summed E-state index contributed by atoms with van der Waals surface area (Å²) in [5.74, 6) is -1.07. The highest BCUT2D eigenvalue weighted by Crippen LogP contribution is 2.16. The van der Waals surface area contributed by atoms with Gasteiger partial charge in [0.05, 0.1) is 34.3 Å². The number of nitrogens with one attached hydrogen (secondary N) is 2. The van der Waals surface area contributed by atoms with Crippen LogP contribution in [0.25, 0.3) is 11.0 Å². The molecule has 1 aromatic heterocycles. The van der Waals surface area contributed by atoms with Gasteiger partial charge in [0.1, 0.15) is 11.8 Å². The number of hydrogen-bond donors (Lipinski definition) is 2. The smallest absolute Gasteiger partial charge is 0.259 e. The van der Waals surface area contributed by atoms with Crippen LogP contribution < -0.4 is 16.2 Å². The van der Waals surface area contributed by atoms with Crippen LogP contribution in [-0.4, -0.2) is 24.6 Å². The third-order valence-electron chi connectivity index (χ3n) is 3.68. The van der Waals surface area contributed by atoms with E-state index in [1.165, 1.54) is 12.3 Å². The first-order valence-electron chi connectivity index (χ1n) is 8.01. The minimum absolute atomic E-state index is 0.134. The van der Waals surface area contributed by atoms with Crippen molar-refractivity contribution in [3.05, 3.63) is 80.1 Å². The van der Waals surface area contributed by atoms with Crippen LogP contribution in [-0.2, 0) is 4.79 Å². The molecule has 0 saturated carbocycles. The second-order valence-corrected chi connectivity index (χ2v) is 6.46. The van der Waals surface area contributed by atoms with Crippen molar-refractivity contribution >= 4 is 52.2 Å². The molecule has 28 heavy (non-hydrogen) atoms. The van der Waals surface area contributed by atoms with E-state index >= 15 is 0 Å². The lowest BCUT2D eigenvalue weighted by molar-refractivity contribution is -0.120. The van der Waals surface area contributed by atoms with Crippen molar-refractivity contribution in [2.24, 2.45) is 5.10 Å². The van der Waals surface area contributed by atoms with Gasteiger partial charge in [0.15, 0.2) is 0 Å². The van der Waals surface area contributed by atoms with Crippen molar-refractivity contribution in [1.29, 1.82) is 0 Å². The maximum absolute atomic E-state index is 12.4. The molecule has 3 rings (SSSR count). The van der Waals surface area contributed by atoms with Gasteiger partial charge in [-0.3, -0.25) is 14.4 Å². The fourth-order valence-electron chi connectivity index (χ4n) is 2.32. The lowest BCUT2D eigenvalue weighted by Gasteiger charge is -2.05. The Kier molecular flexibility index (Phi) is 6.08. The largest absolute Gasteiger partial charge is 0.463 e. The summed E-state index contributed by atoms with van der Waals surface area (Å²) in [5, 5.41) is 7.11. The van der Waals surface area contributed by atoms with Gasteiger partial charge in [0.25, 0.3) is 11.8 Å². The molecule has 7 nitrogen and oxygen atoms in total. The van der Waals surface area contributed by atoms with Gasteiger partial charge in [-0.05, 0) is 30.3 Å². The van der Waals surface area contributed by atoms with E-state index < -0.39 is 11.8 Å². The number of amides is 2. The Balaban J connectivity index is 1.60. The molecule has 0 spiro atoms. The molecule has 0 atom stereocenters. The number of hydrogen-bond acceptors (Lipinski definition) is 5. The molecule has 0 fully saturated rings. The molecule has 2 amide bonds. The summed E-state index contributed by atoms with van der Waals surface area (Å²) in [7, 11) is 0. The molecule has 1 heterocycles. The number of halogens is 2. The molecule has 9 heteroatoms. The second kappa shape index (κ2) is 8.69. The van der Waals surface area contributed by atoms with Crippen molar-refractivity contribution < 1.29 is 14.0 Å². The van der Waals surface area contributed by atoms with Gasteiger partial charge in [-0.1, -0.05) is 35.3 Å². The summed E-state index contributed by atoms with van der Waals surface area (Å²) in [6.07, 6.45) is 2.38. The maximum atomic E-state index is 12.4. The number of carbonyl (C=O) groups excluding carboxylic acids is 2. The van der Waals surface area contributed by atoms with E-state index in [0.717, 1.165) is 6.21 Å². The molecule has 142 valence electrons. The summed E-state index contributed by atoms with van der Waals surface area (Å²) in [4.78, 5) is 36.2. The highest BCUT2D eigenvalue weighted by Gasteiger charge is 2.11. The van der Waals surface area contributed by atoms with Crippen LogP contribution in [0.1, 0.15) is 15.9 Å². The number of benzene rings is 2. The lowest BCUT2D eigenvalue weighted by Crippen LogP contribution is -2.35. The van der Waals surface area contributed by atoms with Gasteiger partial charge in [-0.2, -0.15) is 5.10 Å². The van der Waals surface area contributed by atoms with Crippen LogP contribution >= 0.6 is 23.2 Å². The fraction of sp³-hybridized carbons (Fsp3) is 0.0526. The predicted octanol–water partition coefficient (Wildman–Crippen LogP) is 2.98.